The van der Waals surface area contributed by atoms with Gasteiger partial charge in [-0.15, -0.1) is 6.58 Å². The molecule has 0 aliphatic rings. The second-order valence-electron chi connectivity index (χ2n) is 8.86. The van der Waals surface area contributed by atoms with Crippen LogP contribution in [0, 0.1) is 0 Å². The number of benzene rings is 2. The Balaban J connectivity index is 2.40. The second-order valence-corrected chi connectivity index (χ2v) is 8.86. The number of nitrogens with zero attached hydrogens (tertiary/aromatic N) is 1. The van der Waals surface area contributed by atoms with Crippen LogP contribution in [0.4, 0.5) is 0 Å². The first-order chi connectivity index (χ1) is 11.1. The van der Waals surface area contributed by atoms with E-state index < -0.39 is 0 Å². The molecule has 24 heavy (non-hydrogen) atoms. The molecular weight excluding hydrogens is 290 g/mol. The Bertz CT molecular complexity index is 840. The van der Waals surface area contributed by atoms with Crippen LogP contribution in [0.15, 0.2) is 49.1 Å². The molecule has 1 nitrogen and oxygen atoms in total. The Morgan fingerprint density at radius 3 is 1.54 bits per heavy atom. The third-order valence-electron chi connectivity index (χ3n) is 4.91. The summed E-state index contributed by atoms with van der Waals surface area (Å²) >= 11 is 0. The fourth-order valence-electron chi connectivity index (χ4n) is 3.36. The summed E-state index contributed by atoms with van der Waals surface area (Å²) in [6, 6.07) is 13.8. The zero-order valence-corrected chi connectivity index (χ0v) is 15.9. The molecular formula is C23H29N. The molecule has 0 aliphatic heterocycles. The van der Waals surface area contributed by atoms with Crippen molar-refractivity contribution >= 4 is 21.8 Å². The van der Waals surface area contributed by atoms with Crippen LogP contribution in [-0.4, -0.2) is 4.57 Å². The smallest absolute Gasteiger partial charge is 0.0494 e. The van der Waals surface area contributed by atoms with Crippen LogP contribution in [0.1, 0.15) is 52.7 Å². The van der Waals surface area contributed by atoms with Crippen molar-refractivity contribution in [2.24, 2.45) is 0 Å². The molecule has 1 heteroatoms. The summed E-state index contributed by atoms with van der Waals surface area (Å²) in [5.41, 5.74) is 5.67. The molecule has 0 N–H and O–H groups in total. The molecule has 1 heterocycles. The van der Waals surface area contributed by atoms with Gasteiger partial charge in [-0.25, -0.2) is 0 Å². The lowest BCUT2D eigenvalue weighted by atomic mass is 9.85. The van der Waals surface area contributed by atoms with Gasteiger partial charge in [0.15, 0.2) is 0 Å². The van der Waals surface area contributed by atoms with Gasteiger partial charge in [-0.3, -0.25) is 0 Å². The van der Waals surface area contributed by atoms with Crippen molar-refractivity contribution in [1.29, 1.82) is 0 Å². The van der Waals surface area contributed by atoms with Crippen LogP contribution in [0.5, 0.6) is 0 Å². The summed E-state index contributed by atoms with van der Waals surface area (Å²) in [6.45, 7) is 18.4. The third kappa shape index (κ3) is 2.77. The Kier molecular flexibility index (Phi) is 3.86. The maximum atomic E-state index is 3.94. The maximum Gasteiger partial charge on any atom is 0.0494 e. The van der Waals surface area contributed by atoms with Crippen LogP contribution in [0.2, 0.25) is 0 Å². The fraction of sp³-hybridized carbons (Fsp3) is 0.391. The molecule has 0 saturated carbocycles. The van der Waals surface area contributed by atoms with Gasteiger partial charge in [-0.05, 0) is 46.2 Å². The van der Waals surface area contributed by atoms with E-state index in [1.54, 1.807) is 0 Å². The predicted molar refractivity (Wildman–Crippen MR) is 107 cm³/mol. The van der Waals surface area contributed by atoms with E-state index in [9.17, 15) is 0 Å². The number of fused-ring (bicyclic) bond motifs is 3. The van der Waals surface area contributed by atoms with Crippen LogP contribution in [0.25, 0.3) is 21.8 Å². The predicted octanol–water partition coefficient (Wildman–Crippen LogP) is 6.58. The first kappa shape index (κ1) is 16.8. The monoisotopic (exact) mass is 319 g/mol. The topological polar surface area (TPSA) is 4.93 Å². The highest BCUT2D eigenvalue weighted by atomic mass is 15.0. The number of hydrogen-bond acceptors (Lipinski definition) is 0. The highest BCUT2D eigenvalue weighted by molar-refractivity contribution is 6.08. The molecule has 0 bridgehead atoms. The van der Waals surface area contributed by atoms with Crippen molar-refractivity contribution in [3.63, 3.8) is 0 Å². The zero-order valence-electron chi connectivity index (χ0n) is 15.9. The van der Waals surface area contributed by atoms with Crippen LogP contribution in [0.3, 0.4) is 0 Å². The van der Waals surface area contributed by atoms with E-state index in [-0.39, 0.29) is 10.8 Å². The van der Waals surface area contributed by atoms with E-state index in [1.165, 1.54) is 32.9 Å². The Morgan fingerprint density at radius 1 is 0.792 bits per heavy atom. The summed E-state index contributed by atoms with van der Waals surface area (Å²) in [4.78, 5) is 0. The van der Waals surface area contributed by atoms with Crippen molar-refractivity contribution in [1.82, 2.24) is 4.57 Å². The van der Waals surface area contributed by atoms with Gasteiger partial charge in [0, 0.05) is 28.4 Å². The third-order valence-corrected chi connectivity index (χ3v) is 4.91. The molecule has 3 rings (SSSR count). The highest BCUT2D eigenvalue weighted by Crippen LogP contribution is 2.35. The van der Waals surface area contributed by atoms with E-state index in [0.29, 0.717) is 0 Å². The van der Waals surface area contributed by atoms with Gasteiger partial charge in [0.1, 0.15) is 0 Å². The molecule has 0 fully saturated rings. The molecule has 0 saturated heterocycles. The molecule has 0 aliphatic carbocycles. The standard InChI is InChI=1S/C23H29N/c1-8-13-24-20-11-9-16(22(2,3)4)14-18(20)19-15-17(23(5,6)7)10-12-21(19)24/h8-12,14-15H,1,13H2,2-7H3. The van der Waals surface area contributed by atoms with Crippen LogP contribution >= 0.6 is 0 Å². The van der Waals surface area contributed by atoms with Crippen LogP contribution < -0.4 is 0 Å². The first-order valence-electron chi connectivity index (χ1n) is 8.81. The summed E-state index contributed by atoms with van der Waals surface area (Å²) < 4.78 is 2.37. The van der Waals surface area contributed by atoms with E-state index in [0.717, 1.165) is 6.54 Å². The largest absolute Gasteiger partial charge is 0.337 e. The second kappa shape index (κ2) is 5.51. The average Bonchev–Trinajstić information content (AvgIpc) is 2.79. The van der Waals surface area contributed by atoms with E-state index >= 15 is 0 Å². The fourth-order valence-corrected chi connectivity index (χ4v) is 3.36. The van der Waals surface area contributed by atoms with Crippen molar-refractivity contribution in [3.8, 4) is 0 Å². The minimum Gasteiger partial charge on any atom is -0.337 e. The van der Waals surface area contributed by atoms with E-state index in [2.05, 4.69) is 89.1 Å². The molecule has 0 spiro atoms. The summed E-state index contributed by atoms with van der Waals surface area (Å²) in [5, 5.41) is 2.70. The van der Waals surface area contributed by atoms with Gasteiger partial charge >= 0.3 is 0 Å². The average molecular weight is 319 g/mol. The number of rotatable bonds is 2. The summed E-state index contributed by atoms with van der Waals surface area (Å²) in [5.74, 6) is 0. The SMILES string of the molecule is C=CCn1c2ccc(C(C)(C)C)cc2c2cc(C(C)(C)C)ccc21. The van der Waals surface area contributed by atoms with Crippen molar-refractivity contribution in [2.75, 3.05) is 0 Å². The summed E-state index contributed by atoms with van der Waals surface area (Å²) in [7, 11) is 0. The lowest BCUT2D eigenvalue weighted by Gasteiger charge is -2.19. The number of hydrogen-bond donors (Lipinski definition) is 0. The number of allylic oxidation sites excluding steroid dienone is 1. The van der Waals surface area contributed by atoms with Crippen LogP contribution in [-0.2, 0) is 17.4 Å². The summed E-state index contributed by atoms with van der Waals surface area (Å²) in [6.07, 6.45) is 1.98. The number of aromatic nitrogens is 1. The van der Waals surface area contributed by atoms with Gasteiger partial charge in [0.05, 0.1) is 0 Å². The van der Waals surface area contributed by atoms with E-state index in [4.69, 9.17) is 0 Å². The minimum atomic E-state index is 0.155. The molecule has 0 amide bonds. The van der Waals surface area contributed by atoms with Gasteiger partial charge in [0.25, 0.3) is 0 Å². The molecule has 2 aromatic carbocycles. The molecule has 0 radical (unpaired) electrons. The normalized spacial score (nSPS) is 12.9. The highest BCUT2D eigenvalue weighted by Gasteiger charge is 2.19. The van der Waals surface area contributed by atoms with Crippen molar-refractivity contribution in [2.45, 2.75) is 58.9 Å². The Labute approximate surface area is 146 Å². The van der Waals surface area contributed by atoms with Crippen molar-refractivity contribution < 1.29 is 0 Å². The quantitative estimate of drug-likeness (QED) is 0.470. The first-order valence-corrected chi connectivity index (χ1v) is 8.81. The molecule has 0 unspecified atom stereocenters. The maximum absolute atomic E-state index is 3.94. The molecule has 0 atom stereocenters. The zero-order chi connectivity index (χ0) is 17.7. The molecule has 3 aromatic rings. The van der Waals surface area contributed by atoms with Gasteiger partial charge in [-0.2, -0.15) is 0 Å². The van der Waals surface area contributed by atoms with E-state index in [1.807, 2.05) is 6.08 Å². The molecule has 126 valence electrons. The lowest BCUT2D eigenvalue weighted by molar-refractivity contribution is 0.590. The Morgan fingerprint density at radius 2 is 1.21 bits per heavy atom. The molecule has 1 aromatic heterocycles. The minimum absolute atomic E-state index is 0.155. The van der Waals surface area contributed by atoms with Crippen molar-refractivity contribution in [3.05, 3.63) is 60.2 Å². The van der Waals surface area contributed by atoms with Gasteiger partial charge in [-0.1, -0.05) is 59.8 Å². The van der Waals surface area contributed by atoms with Gasteiger partial charge < -0.3 is 4.57 Å². The lowest BCUT2D eigenvalue weighted by Crippen LogP contribution is -2.10. The van der Waals surface area contributed by atoms with Gasteiger partial charge in [0.2, 0.25) is 0 Å². The Hall–Kier alpha value is -2.02.